The van der Waals surface area contributed by atoms with Gasteiger partial charge in [0, 0.05) is 11.3 Å². The number of aliphatic hydroxyl groups is 2. The molecule has 0 aromatic heterocycles. The van der Waals surface area contributed by atoms with E-state index in [-0.39, 0.29) is 0 Å². The molecule has 1 atom stereocenters. The summed E-state index contributed by atoms with van der Waals surface area (Å²) in [7, 11) is 0. The van der Waals surface area contributed by atoms with Gasteiger partial charge < -0.3 is 15.5 Å². The van der Waals surface area contributed by atoms with Crippen LogP contribution in [0.2, 0.25) is 0 Å². The molecule has 1 aliphatic rings. The average Bonchev–Trinajstić information content (AvgIpc) is 2.40. The molecule has 3 N–H and O–H groups in total. The third-order valence-corrected chi connectivity index (χ3v) is 2.78. The summed E-state index contributed by atoms with van der Waals surface area (Å²) >= 11 is 0. The number of rotatable bonds is 1. The first-order chi connectivity index (χ1) is 6.87. The first-order valence-corrected chi connectivity index (χ1v) is 4.73. The molecule has 1 aromatic rings. The summed E-state index contributed by atoms with van der Waals surface area (Å²) in [5.74, 6) is -0.587. The molecule has 80 valence electrons. The summed E-state index contributed by atoms with van der Waals surface area (Å²) in [4.78, 5) is 11.7. The first kappa shape index (κ1) is 10.1. The van der Waals surface area contributed by atoms with Gasteiger partial charge in [0.15, 0.2) is 5.60 Å². The van der Waals surface area contributed by atoms with E-state index in [0.717, 1.165) is 0 Å². The summed E-state index contributed by atoms with van der Waals surface area (Å²) in [6, 6.07) is 6.80. The van der Waals surface area contributed by atoms with Crippen LogP contribution in [-0.4, -0.2) is 21.7 Å². The van der Waals surface area contributed by atoms with Crippen LogP contribution >= 0.6 is 0 Å². The Hall–Kier alpha value is -1.39. The Balaban J connectivity index is 2.65. The Morgan fingerprint density at radius 3 is 2.53 bits per heavy atom. The molecular weight excluding hydrogens is 194 g/mol. The number of hydrogen-bond donors (Lipinski definition) is 3. The molecular formula is C11H13NO3. The van der Waals surface area contributed by atoms with E-state index in [0.29, 0.717) is 11.3 Å². The number of hydrogen-bond acceptors (Lipinski definition) is 3. The molecule has 0 radical (unpaired) electrons. The predicted molar refractivity (Wildman–Crippen MR) is 55.3 cm³/mol. The maximum absolute atomic E-state index is 11.7. The Morgan fingerprint density at radius 2 is 1.93 bits per heavy atom. The molecule has 0 fully saturated rings. The van der Waals surface area contributed by atoms with Crippen LogP contribution in [0.1, 0.15) is 19.4 Å². The Labute approximate surface area is 87.6 Å². The fourth-order valence-electron chi connectivity index (χ4n) is 1.85. The molecule has 2 rings (SSSR count). The normalized spacial score (nSPS) is 24.9. The van der Waals surface area contributed by atoms with E-state index in [2.05, 4.69) is 5.32 Å². The smallest absolute Gasteiger partial charge is 0.264 e. The topological polar surface area (TPSA) is 69.6 Å². The van der Waals surface area contributed by atoms with Crippen molar-refractivity contribution in [1.82, 2.24) is 0 Å². The van der Waals surface area contributed by atoms with Gasteiger partial charge in [0.25, 0.3) is 5.91 Å². The quantitative estimate of drug-likeness (QED) is 0.631. The van der Waals surface area contributed by atoms with Crippen LogP contribution in [-0.2, 0) is 10.4 Å². The van der Waals surface area contributed by atoms with Crippen LogP contribution in [0.3, 0.4) is 0 Å². The summed E-state index contributed by atoms with van der Waals surface area (Å²) < 4.78 is 0. The predicted octanol–water partition coefficient (Wildman–Crippen LogP) is 0.597. The van der Waals surface area contributed by atoms with Gasteiger partial charge >= 0.3 is 0 Å². The third kappa shape index (κ3) is 1.19. The molecule has 1 aliphatic heterocycles. The van der Waals surface area contributed by atoms with Crippen molar-refractivity contribution in [1.29, 1.82) is 0 Å². The highest BCUT2D eigenvalue weighted by atomic mass is 16.4. The van der Waals surface area contributed by atoms with Crippen molar-refractivity contribution in [2.75, 3.05) is 5.32 Å². The molecule has 0 aliphatic carbocycles. The first-order valence-electron chi connectivity index (χ1n) is 4.73. The zero-order chi connectivity index (χ0) is 11.3. The minimum Gasteiger partial charge on any atom is -0.387 e. The van der Waals surface area contributed by atoms with Crippen LogP contribution in [0.5, 0.6) is 0 Å². The molecule has 1 aromatic carbocycles. The molecule has 1 heterocycles. The van der Waals surface area contributed by atoms with Gasteiger partial charge in [-0.2, -0.15) is 0 Å². The van der Waals surface area contributed by atoms with Crippen molar-refractivity contribution < 1.29 is 15.0 Å². The van der Waals surface area contributed by atoms with E-state index in [1.165, 1.54) is 13.8 Å². The van der Waals surface area contributed by atoms with E-state index < -0.39 is 17.1 Å². The Kier molecular flexibility index (Phi) is 1.90. The molecule has 0 saturated heterocycles. The van der Waals surface area contributed by atoms with Crippen molar-refractivity contribution in [3.63, 3.8) is 0 Å². The second-order valence-electron chi connectivity index (χ2n) is 4.27. The third-order valence-electron chi connectivity index (χ3n) is 2.78. The molecule has 1 amide bonds. The number of amides is 1. The van der Waals surface area contributed by atoms with Crippen LogP contribution < -0.4 is 5.32 Å². The lowest BCUT2D eigenvalue weighted by Gasteiger charge is -2.33. The molecule has 4 nitrogen and oxygen atoms in total. The van der Waals surface area contributed by atoms with Crippen LogP contribution in [0, 0.1) is 0 Å². The van der Waals surface area contributed by atoms with Crippen molar-refractivity contribution >= 4 is 11.6 Å². The zero-order valence-electron chi connectivity index (χ0n) is 8.61. The minimum absolute atomic E-state index is 0.419. The van der Waals surface area contributed by atoms with E-state index in [9.17, 15) is 15.0 Å². The molecule has 15 heavy (non-hydrogen) atoms. The minimum atomic E-state index is -1.87. The fourth-order valence-corrected chi connectivity index (χ4v) is 1.85. The average molecular weight is 207 g/mol. The van der Waals surface area contributed by atoms with Gasteiger partial charge in [-0.15, -0.1) is 0 Å². The second kappa shape index (κ2) is 2.81. The maximum Gasteiger partial charge on any atom is 0.264 e. The molecule has 1 unspecified atom stereocenters. The Morgan fingerprint density at radius 1 is 1.33 bits per heavy atom. The highest BCUT2D eigenvalue weighted by Crippen LogP contribution is 2.42. The maximum atomic E-state index is 11.7. The monoisotopic (exact) mass is 207 g/mol. The number of nitrogens with one attached hydrogen (secondary N) is 1. The number of carbonyl (C=O) groups excluding carboxylic acids is 1. The molecule has 0 saturated carbocycles. The van der Waals surface area contributed by atoms with Gasteiger partial charge in [-0.3, -0.25) is 4.79 Å². The largest absolute Gasteiger partial charge is 0.387 e. The number of carbonyl (C=O) groups is 1. The molecule has 0 spiro atoms. The lowest BCUT2D eigenvalue weighted by Crippen LogP contribution is -2.52. The van der Waals surface area contributed by atoms with Crippen molar-refractivity contribution in [2.45, 2.75) is 25.0 Å². The summed E-state index contributed by atoms with van der Waals surface area (Å²) in [6.45, 7) is 2.82. The van der Waals surface area contributed by atoms with E-state index in [4.69, 9.17) is 0 Å². The van der Waals surface area contributed by atoms with Crippen LogP contribution in [0.25, 0.3) is 0 Å². The summed E-state index contributed by atoms with van der Waals surface area (Å²) in [6.07, 6.45) is 0. The van der Waals surface area contributed by atoms with Gasteiger partial charge in [0.05, 0.1) is 0 Å². The molecule has 4 heteroatoms. The highest BCUT2D eigenvalue weighted by Gasteiger charge is 2.55. The van der Waals surface area contributed by atoms with Gasteiger partial charge in [0.1, 0.15) is 5.60 Å². The van der Waals surface area contributed by atoms with Gasteiger partial charge in [-0.05, 0) is 19.9 Å². The van der Waals surface area contributed by atoms with E-state index >= 15 is 0 Å². The Bertz CT molecular complexity index is 422. The van der Waals surface area contributed by atoms with Crippen molar-refractivity contribution in [3.05, 3.63) is 29.8 Å². The highest BCUT2D eigenvalue weighted by molar-refractivity contribution is 6.05. The van der Waals surface area contributed by atoms with E-state index in [1.54, 1.807) is 24.3 Å². The standard InChI is InChI=1S/C11H13NO3/c1-10(2,14)11(15)7-5-3-4-6-8(7)12-9(11)13/h3-6,14-15H,1-2H3,(H,12,13). The number of fused-ring (bicyclic) bond motifs is 1. The van der Waals surface area contributed by atoms with Gasteiger partial charge in [-0.25, -0.2) is 0 Å². The van der Waals surface area contributed by atoms with Crippen molar-refractivity contribution in [3.8, 4) is 0 Å². The summed E-state index contributed by atoms with van der Waals surface area (Å²) in [5, 5.41) is 22.7. The number of para-hydroxylation sites is 1. The second-order valence-corrected chi connectivity index (χ2v) is 4.27. The van der Waals surface area contributed by atoms with Gasteiger partial charge in [0.2, 0.25) is 0 Å². The fraction of sp³-hybridized carbons (Fsp3) is 0.364. The number of benzene rings is 1. The van der Waals surface area contributed by atoms with Gasteiger partial charge in [-0.1, -0.05) is 18.2 Å². The summed E-state index contributed by atoms with van der Waals surface area (Å²) in [5.41, 5.74) is -2.43. The van der Waals surface area contributed by atoms with Crippen molar-refractivity contribution in [2.24, 2.45) is 0 Å². The number of anilines is 1. The lowest BCUT2D eigenvalue weighted by molar-refractivity contribution is -0.163. The van der Waals surface area contributed by atoms with Crippen LogP contribution in [0.4, 0.5) is 5.69 Å². The molecule has 0 bridgehead atoms. The van der Waals surface area contributed by atoms with E-state index in [1.807, 2.05) is 0 Å². The van der Waals surface area contributed by atoms with Crippen LogP contribution in [0.15, 0.2) is 24.3 Å². The lowest BCUT2D eigenvalue weighted by atomic mass is 9.81. The SMILES string of the molecule is CC(C)(O)C1(O)C(=O)Nc2ccccc21. The zero-order valence-corrected chi connectivity index (χ0v) is 8.61.